The number of rotatable bonds is 14. The number of anilines is 1. The van der Waals surface area contributed by atoms with E-state index in [1.54, 1.807) is 24.3 Å². The van der Waals surface area contributed by atoms with Gasteiger partial charge in [-0.25, -0.2) is 9.97 Å². The van der Waals surface area contributed by atoms with Crippen LogP contribution in [-0.4, -0.2) is 39.5 Å². The fourth-order valence-electron chi connectivity index (χ4n) is 3.78. The molecule has 1 atom stereocenters. The van der Waals surface area contributed by atoms with Crippen LogP contribution in [-0.2, 0) is 11.0 Å². The first-order valence-electron chi connectivity index (χ1n) is 12.5. The number of carboxylic acid groups (broad SMARTS) is 1. The molecule has 0 aliphatic carbocycles. The molecule has 208 valence electrons. The van der Waals surface area contributed by atoms with Crippen molar-refractivity contribution in [3.8, 4) is 17.1 Å². The molecule has 0 aliphatic heterocycles. The molecule has 0 aliphatic rings. The molecule has 39 heavy (non-hydrogen) atoms. The number of hydrogen-bond donors (Lipinski definition) is 2. The first-order chi connectivity index (χ1) is 18.6. The van der Waals surface area contributed by atoms with Gasteiger partial charge in [0.05, 0.1) is 29.0 Å². The highest BCUT2D eigenvalue weighted by atomic mass is 35.5. The third-order valence-electron chi connectivity index (χ3n) is 5.89. The van der Waals surface area contributed by atoms with Crippen molar-refractivity contribution >= 4 is 29.0 Å². The van der Waals surface area contributed by atoms with Gasteiger partial charge in [0.15, 0.2) is 17.4 Å². The van der Waals surface area contributed by atoms with Crippen molar-refractivity contribution in [2.24, 2.45) is 0 Å². The molecule has 0 saturated carbocycles. The molecule has 11 heteroatoms. The number of nitrogens with one attached hydrogen (secondary N) is 1. The van der Waals surface area contributed by atoms with Crippen molar-refractivity contribution in [1.82, 2.24) is 9.97 Å². The van der Waals surface area contributed by atoms with E-state index >= 15 is 0 Å². The topological polar surface area (TPSA) is 101 Å². The summed E-state index contributed by atoms with van der Waals surface area (Å²) in [5.74, 6) is -0.449. The quantitative estimate of drug-likeness (QED) is 0.198. The van der Waals surface area contributed by atoms with Crippen LogP contribution in [0, 0.1) is 0 Å². The predicted molar refractivity (Wildman–Crippen MR) is 142 cm³/mol. The van der Waals surface area contributed by atoms with Gasteiger partial charge < -0.3 is 15.2 Å². The molecule has 1 aromatic heterocycles. The number of ketones is 1. The van der Waals surface area contributed by atoms with E-state index in [0.717, 1.165) is 37.1 Å². The monoisotopic (exact) mass is 563 g/mol. The number of ether oxygens (including phenoxy) is 1. The summed E-state index contributed by atoms with van der Waals surface area (Å²) in [6.07, 6.45) is 1.61. The van der Waals surface area contributed by atoms with E-state index < -0.39 is 17.7 Å². The zero-order valence-corrected chi connectivity index (χ0v) is 22.1. The molecule has 0 saturated heterocycles. The van der Waals surface area contributed by atoms with Gasteiger partial charge in [0, 0.05) is 29.7 Å². The number of unbranched alkanes of at least 4 members (excludes halogenated alkanes) is 1. The molecule has 2 N–H and O–H groups in total. The van der Waals surface area contributed by atoms with Gasteiger partial charge in [-0.3, -0.25) is 9.59 Å². The number of nitrogens with zero attached hydrogens (tertiary/aromatic N) is 2. The number of aliphatic carboxylic acids is 1. The summed E-state index contributed by atoms with van der Waals surface area (Å²) in [6, 6.07) is 9.98. The first kappa shape index (κ1) is 29.9. The van der Waals surface area contributed by atoms with Gasteiger partial charge in [0.2, 0.25) is 0 Å². The standard InChI is InChI=1S/C28H29ClF3N3O4/c1-2-3-5-21(35-20-11-8-18(9-12-20)25(36)6-4-7-26(37)38)17-39-22-15-33-27(34-16-22)23-13-10-19(14-24(23)29)28(30,31)32/h8-16,21,35H,2-7,17H2,1H3,(H,37,38)/t21-/m0/s1. The van der Waals surface area contributed by atoms with E-state index in [0.29, 0.717) is 24.3 Å². The van der Waals surface area contributed by atoms with Crippen molar-refractivity contribution in [2.75, 3.05) is 11.9 Å². The van der Waals surface area contributed by atoms with Crippen molar-refractivity contribution in [3.63, 3.8) is 0 Å². The highest BCUT2D eigenvalue weighted by Gasteiger charge is 2.31. The number of benzene rings is 2. The fraction of sp³-hybridized carbons (Fsp3) is 0.357. The summed E-state index contributed by atoms with van der Waals surface area (Å²) in [5, 5.41) is 12.0. The second kappa shape index (κ2) is 13.9. The average Bonchev–Trinajstić information content (AvgIpc) is 2.90. The molecule has 3 aromatic rings. The van der Waals surface area contributed by atoms with Crippen LogP contribution in [0.3, 0.4) is 0 Å². The Morgan fingerprint density at radius 3 is 2.33 bits per heavy atom. The number of alkyl halides is 3. The molecule has 0 unspecified atom stereocenters. The van der Waals surface area contributed by atoms with Gasteiger partial charge in [-0.05, 0) is 55.3 Å². The van der Waals surface area contributed by atoms with Crippen LogP contribution in [0.25, 0.3) is 11.4 Å². The number of halogens is 4. The van der Waals surface area contributed by atoms with Crippen LogP contribution in [0.5, 0.6) is 5.75 Å². The van der Waals surface area contributed by atoms with Crippen molar-refractivity contribution < 1.29 is 32.6 Å². The smallest absolute Gasteiger partial charge is 0.416 e. The highest BCUT2D eigenvalue weighted by molar-refractivity contribution is 6.33. The maximum absolute atomic E-state index is 12.9. The Hall–Kier alpha value is -3.66. The van der Waals surface area contributed by atoms with E-state index in [9.17, 15) is 22.8 Å². The Morgan fingerprint density at radius 2 is 1.74 bits per heavy atom. The minimum Gasteiger partial charge on any atom is -0.488 e. The Kier molecular flexibility index (Phi) is 10.7. The molecule has 0 fully saturated rings. The summed E-state index contributed by atoms with van der Waals surface area (Å²) < 4.78 is 44.6. The second-order valence-electron chi connectivity index (χ2n) is 8.98. The number of carbonyl (C=O) groups excluding carboxylic acids is 1. The van der Waals surface area contributed by atoms with E-state index in [4.69, 9.17) is 21.4 Å². The first-order valence-corrected chi connectivity index (χ1v) is 12.9. The Balaban J connectivity index is 1.59. The molecule has 0 spiro atoms. The third kappa shape index (κ3) is 9.24. The fourth-order valence-corrected chi connectivity index (χ4v) is 4.04. The van der Waals surface area contributed by atoms with Gasteiger partial charge in [-0.15, -0.1) is 0 Å². The third-order valence-corrected chi connectivity index (χ3v) is 6.21. The number of aromatic nitrogens is 2. The minimum absolute atomic E-state index is 0.0406. The van der Waals surface area contributed by atoms with E-state index in [1.165, 1.54) is 18.5 Å². The van der Waals surface area contributed by atoms with Crippen molar-refractivity contribution in [3.05, 3.63) is 71.0 Å². The van der Waals surface area contributed by atoms with E-state index in [1.807, 2.05) is 0 Å². The van der Waals surface area contributed by atoms with Crippen LogP contribution in [0.2, 0.25) is 5.02 Å². The van der Waals surface area contributed by atoms with Gasteiger partial charge in [0.25, 0.3) is 0 Å². The number of carbonyl (C=O) groups is 2. The lowest BCUT2D eigenvalue weighted by molar-refractivity contribution is -0.138. The molecule has 7 nitrogen and oxygen atoms in total. The largest absolute Gasteiger partial charge is 0.488 e. The lowest BCUT2D eigenvalue weighted by Crippen LogP contribution is -2.27. The summed E-state index contributed by atoms with van der Waals surface area (Å²) >= 11 is 6.04. The van der Waals surface area contributed by atoms with E-state index in [2.05, 4.69) is 22.2 Å². The van der Waals surface area contributed by atoms with Gasteiger partial charge in [-0.1, -0.05) is 31.4 Å². The molecule has 0 bridgehead atoms. The molecule has 2 aromatic carbocycles. The van der Waals surface area contributed by atoms with Crippen LogP contribution >= 0.6 is 11.6 Å². The normalized spacial score (nSPS) is 12.1. The Labute approximate surface area is 229 Å². The lowest BCUT2D eigenvalue weighted by Gasteiger charge is -2.20. The summed E-state index contributed by atoms with van der Waals surface area (Å²) in [6.45, 7) is 2.39. The van der Waals surface area contributed by atoms with Gasteiger partial charge in [0.1, 0.15) is 6.61 Å². The Morgan fingerprint density at radius 1 is 1.05 bits per heavy atom. The van der Waals surface area contributed by atoms with Crippen LogP contribution in [0.4, 0.5) is 18.9 Å². The molecule has 0 amide bonds. The van der Waals surface area contributed by atoms with Crippen LogP contribution in [0.15, 0.2) is 54.9 Å². The van der Waals surface area contributed by atoms with Crippen LogP contribution < -0.4 is 10.1 Å². The minimum atomic E-state index is -4.49. The van der Waals surface area contributed by atoms with Crippen molar-refractivity contribution in [1.29, 1.82) is 0 Å². The molecular weight excluding hydrogens is 535 g/mol. The number of hydrogen-bond acceptors (Lipinski definition) is 6. The Bertz CT molecular complexity index is 1250. The average molecular weight is 564 g/mol. The summed E-state index contributed by atoms with van der Waals surface area (Å²) in [4.78, 5) is 31.3. The highest BCUT2D eigenvalue weighted by Crippen LogP contribution is 2.34. The maximum atomic E-state index is 12.9. The number of Topliss-reactive ketones (excluding diaryl/α,β-unsaturated/α-hetero) is 1. The SMILES string of the molecule is CCCC[C@@H](COc1cnc(-c2ccc(C(F)(F)F)cc2Cl)nc1)Nc1ccc(C(=O)CCCC(=O)O)cc1. The van der Waals surface area contributed by atoms with Crippen LogP contribution in [0.1, 0.15) is 61.4 Å². The summed E-state index contributed by atoms with van der Waals surface area (Å²) in [5.41, 5.74) is 0.768. The molecular formula is C28H29ClF3N3O4. The zero-order valence-electron chi connectivity index (χ0n) is 21.3. The summed E-state index contributed by atoms with van der Waals surface area (Å²) in [7, 11) is 0. The molecule has 0 radical (unpaired) electrons. The predicted octanol–water partition coefficient (Wildman–Crippen LogP) is 7.30. The van der Waals surface area contributed by atoms with E-state index in [-0.39, 0.29) is 41.1 Å². The lowest BCUT2D eigenvalue weighted by atomic mass is 10.0. The maximum Gasteiger partial charge on any atom is 0.416 e. The van der Waals surface area contributed by atoms with Gasteiger partial charge in [-0.2, -0.15) is 13.2 Å². The number of carboxylic acids is 1. The second-order valence-corrected chi connectivity index (χ2v) is 9.38. The molecule has 3 rings (SSSR count). The zero-order chi connectivity index (χ0) is 28.4. The van der Waals surface area contributed by atoms with Gasteiger partial charge >= 0.3 is 12.1 Å². The van der Waals surface area contributed by atoms with Crippen molar-refractivity contribution in [2.45, 2.75) is 57.7 Å². The molecule has 1 heterocycles.